The van der Waals surface area contributed by atoms with Crippen molar-refractivity contribution in [1.29, 1.82) is 0 Å². The third kappa shape index (κ3) is 5.25. The van der Waals surface area contributed by atoms with Crippen LogP contribution in [-0.4, -0.2) is 60.6 Å². The van der Waals surface area contributed by atoms with Gasteiger partial charge < -0.3 is 19.9 Å². The van der Waals surface area contributed by atoms with Gasteiger partial charge in [0.05, 0.1) is 18.4 Å². The molecule has 4 rings (SSSR count). The van der Waals surface area contributed by atoms with E-state index in [1.165, 1.54) is 23.8 Å². The van der Waals surface area contributed by atoms with Gasteiger partial charge in [-0.1, -0.05) is 25.0 Å². The second-order valence-electron chi connectivity index (χ2n) is 8.25. The minimum absolute atomic E-state index is 0.185. The van der Waals surface area contributed by atoms with Gasteiger partial charge in [0.15, 0.2) is 5.25 Å². The molecule has 1 saturated heterocycles. The van der Waals surface area contributed by atoms with Gasteiger partial charge in [-0.25, -0.2) is 4.79 Å². The third-order valence-corrected chi connectivity index (χ3v) is 7.16. The normalized spacial score (nSPS) is 18.0. The molecule has 2 aromatic rings. The van der Waals surface area contributed by atoms with E-state index in [0.29, 0.717) is 30.0 Å². The topological polar surface area (TPSA) is 96.0 Å². The van der Waals surface area contributed by atoms with E-state index < -0.39 is 17.1 Å². The van der Waals surface area contributed by atoms with Crippen LogP contribution in [0.4, 0.5) is 11.4 Å². The van der Waals surface area contributed by atoms with Crippen molar-refractivity contribution in [3.63, 3.8) is 0 Å². The summed E-state index contributed by atoms with van der Waals surface area (Å²) in [5.74, 6) is -1.43. The average molecular weight is 482 g/mol. The number of amides is 3. The van der Waals surface area contributed by atoms with Crippen molar-refractivity contribution in [2.45, 2.75) is 35.8 Å². The Hall–Kier alpha value is -3.33. The number of likely N-dealkylation sites (tertiary alicyclic amines) is 1. The lowest BCUT2D eigenvalue weighted by Crippen LogP contribution is -2.51. The zero-order chi connectivity index (χ0) is 24.1. The Balaban J connectivity index is 1.50. The maximum absolute atomic E-state index is 13.4. The Labute approximate surface area is 202 Å². The molecule has 0 spiro atoms. The molecular formula is C25H27N3O5S. The van der Waals surface area contributed by atoms with Crippen molar-refractivity contribution in [1.82, 2.24) is 4.90 Å². The number of nitrogens with zero attached hydrogens (tertiary/aromatic N) is 2. The third-order valence-electron chi connectivity index (χ3n) is 5.92. The summed E-state index contributed by atoms with van der Waals surface area (Å²) >= 11 is 1.26. The van der Waals surface area contributed by atoms with E-state index >= 15 is 0 Å². The summed E-state index contributed by atoms with van der Waals surface area (Å²) in [6, 6.07) is 13.6. The lowest BCUT2D eigenvalue weighted by molar-refractivity contribution is -0.135. The number of fused-ring (bicyclic) bond motifs is 1. The summed E-state index contributed by atoms with van der Waals surface area (Å²) in [5.41, 5.74) is 1.48. The molecule has 178 valence electrons. The Bertz CT molecular complexity index is 1080. The molecule has 1 unspecified atom stereocenters. The van der Waals surface area contributed by atoms with E-state index in [0.717, 1.165) is 30.6 Å². The Kier molecular flexibility index (Phi) is 7.52. The van der Waals surface area contributed by atoms with E-state index in [-0.39, 0.29) is 18.4 Å². The minimum atomic E-state index is -0.903. The molecule has 0 radical (unpaired) electrons. The van der Waals surface area contributed by atoms with Crippen LogP contribution in [0.1, 0.15) is 36.0 Å². The number of thioether (sulfide) groups is 1. The molecule has 9 heteroatoms. The molecule has 0 aromatic heterocycles. The predicted molar refractivity (Wildman–Crippen MR) is 130 cm³/mol. The number of esters is 1. The lowest BCUT2D eigenvalue weighted by Gasteiger charge is -2.34. The van der Waals surface area contributed by atoms with E-state index in [9.17, 15) is 19.2 Å². The number of carbonyl (C=O) groups is 4. The van der Waals surface area contributed by atoms with Crippen LogP contribution in [0.15, 0.2) is 53.4 Å². The summed E-state index contributed by atoms with van der Waals surface area (Å²) in [6.07, 6.45) is 4.06. The highest BCUT2D eigenvalue weighted by atomic mass is 32.2. The number of methoxy groups -OCH3 is 1. The van der Waals surface area contributed by atoms with Gasteiger partial charge in [-0.2, -0.15) is 0 Å². The van der Waals surface area contributed by atoms with E-state index in [4.69, 9.17) is 0 Å². The molecule has 2 aliphatic heterocycles. The second-order valence-corrected chi connectivity index (χ2v) is 9.39. The Morgan fingerprint density at radius 1 is 1.00 bits per heavy atom. The number of ether oxygens (including phenoxy) is 1. The molecule has 1 atom stereocenters. The number of hydrogen-bond donors (Lipinski definition) is 1. The van der Waals surface area contributed by atoms with Crippen molar-refractivity contribution in [3.05, 3.63) is 54.1 Å². The van der Waals surface area contributed by atoms with Gasteiger partial charge in [-0.05, 0) is 49.2 Å². The van der Waals surface area contributed by atoms with E-state index in [1.54, 1.807) is 41.3 Å². The standard InChI is InChI=1S/C25H27N3O5S/c1-33-25(32)17-10-12-18(13-11-17)26-21(29)16-28-19-8-4-5-9-20(19)34-22(24(28)31)23(30)27-14-6-2-3-7-15-27/h4-5,8-13,22H,2-3,6-7,14-16H2,1H3,(H,26,29). The lowest BCUT2D eigenvalue weighted by atomic mass is 10.2. The maximum Gasteiger partial charge on any atom is 0.337 e. The summed E-state index contributed by atoms with van der Waals surface area (Å²) in [4.78, 5) is 55.1. The molecule has 2 aromatic carbocycles. The van der Waals surface area contributed by atoms with Gasteiger partial charge in [0, 0.05) is 23.7 Å². The molecule has 0 bridgehead atoms. The van der Waals surface area contributed by atoms with Gasteiger partial charge in [-0.3, -0.25) is 14.4 Å². The predicted octanol–water partition coefficient (Wildman–Crippen LogP) is 3.32. The highest BCUT2D eigenvalue weighted by Gasteiger charge is 2.40. The first kappa shape index (κ1) is 23.8. The van der Waals surface area contributed by atoms with Gasteiger partial charge >= 0.3 is 5.97 Å². The summed E-state index contributed by atoms with van der Waals surface area (Å²) in [7, 11) is 1.30. The van der Waals surface area contributed by atoms with Crippen LogP contribution in [0.3, 0.4) is 0 Å². The Morgan fingerprint density at radius 3 is 2.35 bits per heavy atom. The van der Waals surface area contributed by atoms with Crippen LogP contribution >= 0.6 is 11.8 Å². The SMILES string of the molecule is COC(=O)c1ccc(NC(=O)CN2C(=O)C(C(=O)N3CCCCCC3)Sc3ccccc32)cc1. The maximum atomic E-state index is 13.4. The van der Waals surface area contributed by atoms with Crippen LogP contribution in [0.25, 0.3) is 0 Å². The average Bonchev–Trinajstić information content (AvgIpc) is 3.15. The molecule has 3 amide bonds. The first-order valence-corrected chi connectivity index (χ1v) is 12.2. The monoisotopic (exact) mass is 481 g/mol. The van der Waals surface area contributed by atoms with Crippen LogP contribution < -0.4 is 10.2 Å². The van der Waals surface area contributed by atoms with E-state index in [1.807, 2.05) is 12.1 Å². The number of carbonyl (C=O) groups excluding carboxylic acids is 4. The fraction of sp³-hybridized carbons (Fsp3) is 0.360. The zero-order valence-electron chi connectivity index (χ0n) is 19.0. The second kappa shape index (κ2) is 10.7. The highest BCUT2D eigenvalue weighted by Crippen LogP contribution is 2.39. The van der Waals surface area contributed by atoms with E-state index in [2.05, 4.69) is 10.1 Å². The number of nitrogens with one attached hydrogen (secondary N) is 1. The van der Waals surface area contributed by atoms with Gasteiger partial charge in [0.2, 0.25) is 11.8 Å². The number of benzene rings is 2. The largest absolute Gasteiger partial charge is 0.465 e. The van der Waals surface area contributed by atoms with Gasteiger partial charge in [0.25, 0.3) is 5.91 Å². The van der Waals surface area contributed by atoms with Crippen molar-refractivity contribution < 1.29 is 23.9 Å². The van der Waals surface area contributed by atoms with Crippen LogP contribution in [-0.2, 0) is 19.1 Å². The molecule has 0 aliphatic carbocycles. The number of rotatable bonds is 5. The van der Waals surface area contributed by atoms with Crippen LogP contribution in [0.5, 0.6) is 0 Å². The molecule has 0 saturated carbocycles. The van der Waals surface area contributed by atoms with Gasteiger partial charge in [0.1, 0.15) is 6.54 Å². The van der Waals surface area contributed by atoms with Crippen molar-refractivity contribution >= 4 is 46.8 Å². The van der Waals surface area contributed by atoms with Crippen LogP contribution in [0, 0.1) is 0 Å². The zero-order valence-corrected chi connectivity index (χ0v) is 19.8. The summed E-state index contributed by atoms with van der Waals surface area (Å²) in [6.45, 7) is 1.10. The van der Waals surface area contributed by atoms with Gasteiger partial charge in [-0.15, -0.1) is 11.8 Å². The molecule has 2 aliphatic rings. The summed E-state index contributed by atoms with van der Waals surface area (Å²) < 4.78 is 4.68. The number of hydrogen-bond acceptors (Lipinski definition) is 6. The number of para-hydroxylation sites is 1. The smallest absolute Gasteiger partial charge is 0.337 e. The van der Waals surface area contributed by atoms with Crippen molar-refractivity contribution in [2.75, 3.05) is 37.0 Å². The Morgan fingerprint density at radius 2 is 1.68 bits per heavy atom. The molecular weight excluding hydrogens is 454 g/mol. The number of anilines is 2. The molecule has 1 N–H and O–H groups in total. The molecule has 2 heterocycles. The molecule has 1 fully saturated rings. The molecule has 34 heavy (non-hydrogen) atoms. The highest BCUT2D eigenvalue weighted by molar-refractivity contribution is 8.01. The first-order chi connectivity index (χ1) is 16.5. The minimum Gasteiger partial charge on any atom is -0.465 e. The summed E-state index contributed by atoms with van der Waals surface area (Å²) in [5, 5.41) is 1.85. The fourth-order valence-electron chi connectivity index (χ4n) is 4.15. The van der Waals surface area contributed by atoms with Crippen molar-refractivity contribution in [3.8, 4) is 0 Å². The van der Waals surface area contributed by atoms with Crippen LogP contribution in [0.2, 0.25) is 0 Å². The molecule has 8 nitrogen and oxygen atoms in total. The first-order valence-electron chi connectivity index (χ1n) is 11.3. The van der Waals surface area contributed by atoms with Crippen molar-refractivity contribution in [2.24, 2.45) is 0 Å². The fourth-order valence-corrected chi connectivity index (χ4v) is 5.33. The quantitative estimate of drug-likeness (QED) is 0.520.